The summed E-state index contributed by atoms with van der Waals surface area (Å²) in [5.41, 5.74) is 2.82. The number of benzene rings is 2. The number of aromatic nitrogens is 1. The summed E-state index contributed by atoms with van der Waals surface area (Å²) in [6, 6.07) is 16.9. The number of amides is 1. The number of nitrogens with zero attached hydrogens (tertiary/aromatic N) is 1. The van der Waals surface area contributed by atoms with Crippen LogP contribution in [0.1, 0.15) is 63.5 Å². The Labute approximate surface area is 229 Å². The standard InChI is InChI=1S/C31H40BrN3O2/c1-23-4-13-30(36)34-28(11-7-24-8-12-29-26(20-24)14-17-33-29)15-19-35(18-3-16-31(2,37)21-23)22-25-5-9-27(32)10-6-25/h5-12,14,17,20,23,28,33,37H,3-4,13,15-16,18-19,21-22H2,1-2H3,(H,34,36)/b11-7+/t23-,28?,31+/m0/s1. The van der Waals surface area contributed by atoms with Crippen LogP contribution in [-0.4, -0.2) is 45.6 Å². The largest absolute Gasteiger partial charge is 0.390 e. The van der Waals surface area contributed by atoms with E-state index in [1.165, 1.54) is 10.9 Å². The fourth-order valence-corrected chi connectivity index (χ4v) is 5.62. The van der Waals surface area contributed by atoms with Crippen molar-refractivity contribution in [2.75, 3.05) is 13.1 Å². The first-order valence-electron chi connectivity index (χ1n) is 13.5. The van der Waals surface area contributed by atoms with Crippen LogP contribution in [0.4, 0.5) is 0 Å². The molecule has 1 unspecified atom stereocenters. The molecule has 2 aromatic carbocycles. The van der Waals surface area contributed by atoms with Crippen molar-refractivity contribution < 1.29 is 9.90 Å². The molecule has 3 N–H and O–H groups in total. The van der Waals surface area contributed by atoms with Gasteiger partial charge >= 0.3 is 0 Å². The van der Waals surface area contributed by atoms with Crippen molar-refractivity contribution in [3.63, 3.8) is 0 Å². The van der Waals surface area contributed by atoms with Gasteiger partial charge in [-0.05, 0) is 98.3 Å². The minimum absolute atomic E-state index is 0.0387. The number of hydrogen-bond donors (Lipinski definition) is 3. The summed E-state index contributed by atoms with van der Waals surface area (Å²) >= 11 is 3.53. The Balaban J connectivity index is 1.50. The number of carbonyl (C=O) groups excluding carboxylic acids is 1. The molecule has 198 valence electrons. The highest BCUT2D eigenvalue weighted by molar-refractivity contribution is 9.10. The van der Waals surface area contributed by atoms with E-state index >= 15 is 0 Å². The van der Waals surface area contributed by atoms with Crippen LogP contribution in [0.3, 0.4) is 0 Å². The van der Waals surface area contributed by atoms with Gasteiger partial charge in [-0.3, -0.25) is 9.69 Å². The van der Waals surface area contributed by atoms with Crippen LogP contribution in [0.5, 0.6) is 0 Å². The van der Waals surface area contributed by atoms with E-state index in [1.54, 1.807) is 0 Å². The van der Waals surface area contributed by atoms with Gasteiger partial charge in [-0.15, -0.1) is 0 Å². The quantitative estimate of drug-likeness (QED) is 0.330. The van der Waals surface area contributed by atoms with Gasteiger partial charge in [0.2, 0.25) is 5.91 Å². The number of nitrogens with one attached hydrogen (secondary N) is 2. The van der Waals surface area contributed by atoms with E-state index in [0.717, 1.165) is 67.3 Å². The lowest BCUT2D eigenvalue weighted by atomic mass is 9.86. The first kappa shape index (κ1) is 27.6. The average molecular weight is 567 g/mol. The summed E-state index contributed by atoms with van der Waals surface area (Å²) in [6.07, 6.45) is 10.8. The summed E-state index contributed by atoms with van der Waals surface area (Å²) in [5.74, 6) is 0.378. The predicted molar refractivity (Wildman–Crippen MR) is 156 cm³/mol. The molecule has 0 aliphatic carbocycles. The number of H-pyrrole nitrogens is 1. The SMILES string of the molecule is C[C@H]1CCC(=O)NC(/C=C/c2ccc3[nH]ccc3c2)CCN(Cc2ccc(Br)cc2)CCC[C@@](C)(O)C1. The number of fused-ring (bicyclic) bond motifs is 1. The van der Waals surface area contributed by atoms with E-state index in [4.69, 9.17) is 0 Å². The maximum Gasteiger partial charge on any atom is 0.220 e. The van der Waals surface area contributed by atoms with Crippen LogP contribution in [0, 0.1) is 5.92 Å². The summed E-state index contributed by atoms with van der Waals surface area (Å²) < 4.78 is 1.08. The van der Waals surface area contributed by atoms with Crippen molar-refractivity contribution in [3.05, 3.63) is 76.4 Å². The fourth-order valence-electron chi connectivity index (χ4n) is 5.35. The molecular formula is C31H40BrN3O2. The summed E-state index contributed by atoms with van der Waals surface area (Å²) in [5, 5.41) is 15.4. The van der Waals surface area contributed by atoms with Gasteiger partial charge in [-0.25, -0.2) is 0 Å². The van der Waals surface area contributed by atoms with Crippen LogP contribution < -0.4 is 5.32 Å². The fraction of sp³-hybridized carbons (Fsp3) is 0.452. The third-order valence-corrected chi connectivity index (χ3v) is 7.89. The second-order valence-corrected chi connectivity index (χ2v) is 11.9. The molecule has 0 bridgehead atoms. The number of aromatic amines is 1. The predicted octanol–water partition coefficient (Wildman–Crippen LogP) is 6.67. The molecule has 2 heterocycles. The van der Waals surface area contributed by atoms with Crippen LogP contribution >= 0.6 is 15.9 Å². The normalized spacial score (nSPS) is 25.2. The summed E-state index contributed by atoms with van der Waals surface area (Å²) in [7, 11) is 0. The highest BCUT2D eigenvalue weighted by atomic mass is 79.9. The Hall–Kier alpha value is -2.41. The second-order valence-electron chi connectivity index (χ2n) is 11.0. The molecule has 1 aliphatic heterocycles. The number of rotatable bonds is 4. The third kappa shape index (κ3) is 8.84. The van der Waals surface area contributed by atoms with Crippen LogP contribution in [-0.2, 0) is 11.3 Å². The first-order chi connectivity index (χ1) is 17.8. The van der Waals surface area contributed by atoms with E-state index in [9.17, 15) is 9.90 Å². The van der Waals surface area contributed by atoms with E-state index in [1.807, 2.05) is 13.1 Å². The smallest absolute Gasteiger partial charge is 0.220 e. The van der Waals surface area contributed by atoms with Gasteiger partial charge in [0.15, 0.2) is 0 Å². The zero-order chi connectivity index (χ0) is 26.3. The number of hydrogen-bond acceptors (Lipinski definition) is 3. The molecule has 1 fully saturated rings. The van der Waals surface area contributed by atoms with Crippen molar-refractivity contribution >= 4 is 38.8 Å². The van der Waals surface area contributed by atoms with E-state index in [2.05, 4.69) is 98.7 Å². The lowest BCUT2D eigenvalue weighted by Gasteiger charge is -2.30. The lowest BCUT2D eigenvalue weighted by molar-refractivity contribution is -0.122. The molecule has 5 nitrogen and oxygen atoms in total. The monoisotopic (exact) mass is 565 g/mol. The van der Waals surface area contributed by atoms with Crippen LogP contribution in [0.2, 0.25) is 0 Å². The summed E-state index contributed by atoms with van der Waals surface area (Å²) in [6.45, 7) is 6.71. The van der Waals surface area contributed by atoms with Crippen molar-refractivity contribution in [2.45, 2.75) is 70.6 Å². The molecule has 0 radical (unpaired) electrons. The minimum atomic E-state index is -0.699. The molecule has 3 atom stereocenters. The molecule has 37 heavy (non-hydrogen) atoms. The van der Waals surface area contributed by atoms with Gasteiger partial charge in [-0.2, -0.15) is 0 Å². The van der Waals surface area contributed by atoms with Gasteiger partial charge in [0.25, 0.3) is 0 Å². The van der Waals surface area contributed by atoms with E-state index < -0.39 is 5.60 Å². The van der Waals surface area contributed by atoms with E-state index in [0.29, 0.717) is 12.3 Å². The number of aliphatic hydroxyl groups is 1. The molecule has 1 saturated heterocycles. The number of carbonyl (C=O) groups is 1. The van der Waals surface area contributed by atoms with Crippen molar-refractivity contribution in [3.8, 4) is 0 Å². The second kappa shape index (κ2) is 12.9. The zero-order valence-electron chi connectivity index (χ0n) is 22.1. The molecule has 1 aliphatic rings. The molecular weight excluding hydrogens is 526 g/mol. The van der Waals surface area contributed by atoms with Crippen molar-refractivity contribution in [2.24, 2.45) is 5.92 Å². The molecule has 6 heteroatoms. The Morgan fingerprint density at radius 1 is 1.14 bits per heavy atom. The lowest BCUT2D eigenvalue weighted by Crippen LogP contribution is -2.38. The molecule has 0 saturated carbocycles. The molecule has 3 aromatic rings. The zero-order valence-corrected chi connectivity index (χ0v) is 23.6. The van der Waals surface area contributed by atoms with Gasteiger partial charge in [0.05, 0.1) is 5.60 Å². The Bertz CT molecular complexity index is 1180. The van der Waals surface area contributed by atoms with Crippen molar-refractivity contribution in [1.82, 2.24) is 15.2 Å². The van der Waals surface area contributed by atoms with Crippen LogP contribution in [0.25, 0.3) is 17.0 Å². The average Bonchev–Trinajstić information content (AvgIpc) is 3.32. The van der Waals surface area contributed by atoms with Crippen molar-refractivity contribution in [1.29, 1.82) is 0 Å². The first-order valence-corrected chi connectivity index (χ1v) is 14.3. The van der Waals surface area contributed by atoms with Gasteiger partial charge in [0, 0.05) is 41.7 Å². The Morgan fingerprint density at radius 3 is 2.76 bits per heavy atom. The Morgan fingerprint density at radius 2 is 1.95 bits per heavy atom. The molecule has 1 amide bonds. The number of halogens is 1. The molecule has 0 spiro atoms. The van der Waals surface area contributed by atoms with Gasteiger partial charge < -0.3 is 15.4 Å². The third-order valence-electron chi connectivity index (χ3n) is 7.36. The van der Waals surface area contributed by atoms with Crippen LogP contribution in [0.15, 0.2) is 65.3 Å². The molecule has 4 rings (SSSR count). The summed E-state index contributed by atoms with van der Waals surface area (Å²) in [4.78, 5) is 18.6. The maximum absolute atomic E-state index is 12.9. The van der Waals surface area contributed by atoms with Gasteiger partial charge in [-0.1, -0.05) is 53.2 Å². The molecule has 1 aromatic heterocycles. The Kier molecular flexibility index (Phi) is 9.63. The van der Waals surface area contributed by atoms with E-state index in [-0.39, 0.29) is 11.9 Å². The topological polar surface area (TPSA) is 68.4 Å². The maximum atomic E-state index is 12.9. The minimum Gasteiger partial charge on any atom is -0.390 e. The highest BCUT2D eigenvalue weighted by Gasteiger charge is 2.24. The highest BCUT2D eigenvalue weighted by Crippen LogP contribution is 2.25. The van der Waals surface area contributed by atoms with Gasteiger partial charge in [0.1, 0.15) is 0 Å².